The lowest BCUT2D eigenvalue weighted by atomic mass is 9.88. The molecule has 92 valence electrons. The molecule has 0 bridgehead atoms. The van der Waals surface area contributed by atoms with Gasteiger partial charge < -0.3 is 4.74 Å². The first-order chi connectivity index (χ1) is 8.08. The summed E-state index contributed by atoms with van der Waals surface area (Å²) in [5.41, 5.74) is 3.35. The van der Waals surface area contributed by atoms with Gasteiger partial charge in [0, 0.05) is 11.5 Å². The van der Waals surface area contributed by atoms with Crippen LogP contribution in [0, 0.1) is 5.92 Å². The maximum absolute atomic E-state index is 11.6. The van der Waals surface area contributed by atoms with E-state index in [9.17, 15) is 4.79 Å². The number of carbonyl (C=O) groups is 1. The number of carbonyl (C=O) groups excluding carboxylic acids is 1. The van der Waals surface area contributed by atoms with Crippen LogP contribution in [0.5, 0.6) is 0 Å². The second kappa shape index (κ2) is 4.91. The number of rotatable bonds is 0. The highest BCUT2D eigenvalue weighted by Crippen LogP contribution is 2.33. The molecular formula is C15H20O2. The molecule has 0 unspecified atom stereocenters. The van der Waals surface area contributed by atoms with Crippen LogP contribution in [0.4, 0.5) is 0 Å². The standard InChI is InChI=1S/C15H20O2/c1-10-5-4-6-11(2)9-14-13(8-7-10)12(3)15(16)17-14/h5,9,13-14H,3-4,6-8H2,1-2H3/b10-5+,11-9-/t13-,14+/m0/s1. The van der Waals surface area contributed by atoms with Crippen LogP contribution in [0.2, 0.25) is 0 Å². The van der Waals surface area contributed by atoms with Crippen molar-refractivity contribution in [2.24, 2.45) is 5.92 Å². The topological polar surface area (TPSA) is 26.3 Å². The number of hydrogen-bond acceptors (Lipinski definition) is 2. The quantitative estimate of drug-likeness (QED) is 0.363. The largest absolute Gasteiger partial charge is 0.454 e. The molecule has 0 N–H and O–H groups in total. The lowest BCUT2D eigenvalue weighted by molar-refractivity contribution is -0.137. The molecule has 1 heterocycles. The van der Waals surface area contributed by atoms with Crippen molar-refractivity contribution in [2.45, 2.75) is 45.6 Å². The van der Waals surface area contributed by atoms with E-state index < -0.39 is 0 Å². The molecule has 2 atom stereocenters. The minimum absolute atomic E-state index is 0.0825. The second-order valence-corrected chi connectivity index (χ2v) is 5.14. The molecule has 1 saturated heterocycles. The van der Waals surface area contributed by atoms with E-state index in [0.29, 0.717) is 5.57 Å². The van der Waals surface area contributed by atoms with Crippen LogP contribution in [-0.4, -0.2) is 12.1 Å². The third-order valence-electron chi connectivity index (χ3n) is 3.68. The first-order valence-electron chi connectivity index (χ1n) is 6.30. The van der Waals surface area contributed by atoms with Gasteiger partial charge in [0.2, 0.25) is 0 Å². The van der Waals surface area contributed by atoms with Crippen molar-refractivity contribution in [3.63, 3.8) is 0 Å². The Morgan fingerprint density at radius 3 is 2.82 bits per heavy atom. The van der Waals surface area contributed by atoms with Crippen LogP contribution in [0.1, 0.15) is 39.5 Å². The van der Waals surface area contributed by atoms with Gasteiger partial charge in [0.15, 0.2) is 0 Å². The molecule has 1 aliphatic heterocycles. The average Bonchev–Trinajstić information content (AvgIpc) is 2.52. The summed E-state index contributed by atoms with van der Waals surface area (Å²) in [4.78, 5) is 11.6. The summed E-state index contributed by atoms with van der Waals surface area (Å²) < 4.78 is 5.38. The van der Waals surface area contributed by atoms with Gasteiger partial charge in [0.25, 0.3) is 0 Å². The number of ether oxygens (including phenoxy) is 1. The van der Waals surface area contributed by atoms with Crippen molar-refractivity contribution in [2.75, 3.05) is 0 Å². The monoisotopic (exact) mass is 232 g/mol. The van der Waals surface area contributed by atoms with Gasteiger partial charge >= 0.3 is 5.97 Å². The first kappa shape index (κ1) is 12.2. The Balaban J connectivity index is 2.24. The molecule has 17 heavy (non-hydrogen) atoms. The van der Waals surface area contributed by atoms with Gasteiger partial charge in [-0.1, -0.05) is 23.8 Å². The highest BCUT2D eigenvalue weighted by molar-refractivity contribution is 5.91. The zero-order valence-electron chi connectivity index (χ0n) is 10.7. The van der Waals surface area contributed by atoms with Gasteiger partial charge in [-0.25, -0.2) is 4.79 Å². The fourth-order valence-corrected chi connectivity index (χ4v) is 2.51. The van der Waals surface area contributed by atoms with Crippen molar-refractivity contribution < 1.29 is 9.53 Å². The second-order valence-electron chi connectivity index (χ2n) is 5.14. The zero-order valence-corrected chi connectivity index (χ0v) is 10.7. The van der Waals surface area contributed by atoms with E-state index in [4.69, 9.17) is 4.74 Å². The predicted molar refractivity (Wildman–Crippen MR) is 68.5 cm³/mol. The molecule has 0 aromatic rings. The van der Waals surface area contributed by atoms with Crippen molar-refractivity contribution in [1.82, 2.24) is 0 Å². The van der Waals surface area contributed by atoms with E-state index in [1.807, 2.05) is 0 Å². The Morgan fingerprint density at radius 1 is 1.29 bits per heavy atom. The van der Waals surface area contributed by atoms with Crippen LogP contribution < -0.4 is 0 Å². The molecule has 2 aliphatic rings. The molecule has 0 aromatic heterocycles. The normalized spacial score (nSPS) is 36.4. The molecule has 0 spiro atoms. The molecule has 2 nitrogen and oxygen atoms in total. The Hall–Kier alpha value is -1.31. The molecule has 0 aromatic carbocycles. The average molecular weight is 232 g/mol. The minimum Gasteiger partial charge on any atom is -0.454 e. The van der Waals surface area contributed by atoms with Gasteiger partial charge in [-0.3, -0.25) is 0 Å². The molecule has 1 fully saturated rings. The Kier molecular flexibility index (Phi) is 3.51. The molecule has 2 rings (SSSR count). The van der Waals surface area contributed by atoms with Gasteiger partial charge in [-0.15, -0.1) is 0 Å². The Labute approximate surface area is 103 Å². The summed E-state index contributed by atoms with van der Waals surface area (Å²) in [5.74, 6) is -0.0520. The number of allylic oxidation sites excluding steroid dienone is 3. The summed E-state index contributed by atoms with van der Waals surface area (Å²) >= 11 is 0. The maximum Gasteiger partial charge on any atom is 0.334 e. The summed E-state index contributed by atoms with van der Waals surface area (Å²) in [5, 5.41) is 0. The first-order valence-corrected chi connectivity index (χ1v) is 6.30. The number of hydrogen-bond donors (Lipinski definition) is 0. The van der Waals surface area contributed by atoms with E-state index in [1.165, 1.54) is 11.1 Å². The molecule has 2 heteroatoms. The van der Waals surface area contributed by atoms with E-state index in [1.54, 1.807) is 0 Å². The fraction of sp³-hybridized carbons (Fsp3) is 0.533. The summed E-state index contributed by atoms with van der Waals surface area (Å²) in [6, 6.07) is 0. The molecule has 1 aliphatic carbocycles. The smallest absolute Gasteiger partial charge is 0.334 e. The summed E-state index contributed by atoms with van der Waals surface area (Å²) in [6.07, 6.45) is 8.45. The van der Waals surface area contributed by atoms with Crippen molar-refractivity contribution >= 4 is 5.97 Å². The zero-order chi connectivity index (χ0) is 12.4. The van der Waals surface area contributed by atoms with Crippen LogP contribution >= 0.6 is 0 Å². The minimum atomic E-state index is -0.218. The Bertz CT molecular complexity index is 401. The van der Waals surface area contributed by atoms with Crippen LogP contribution in [0.25, 0.3) is 0 Å². The van der Waals surface area contributed by atoms with Gasteiger partial charge in [-0.05, 0) is 45.6 Å². The third kappa shape index (κ3) is 2.68. The van der Waals surface area contributed by atoms with Crippen LogP contribution in [0.15, 0.2) is 35.5 Å². The van der Waals surface area contributed by atoms with Gasteiger partial charge in [0.05, 0.1) is 0 Å². The van der Waals surface area contributed by atoms with Crippen LogP contribution in [0.3, 0.4) is 0 Å². The number of fused-ring (bicyclic) bond motifs is 1. The number of esters is 1. The molecule has 0 amide bonds. The van der Waals surface area contributed by atoms with E-state index in [2.05, 4.69) is 32.6 Å². The van der Waals surface area contributed by atoms with E-state index in [0.717, 1.165) is 25.7 Å². The van der Waals surface area contributed by atoms with E-state index >= 15 is 0 Å². The van der Waals surface area contributed by atoms with Crippen molar-refractivity contribution in [3.05, 3.63) is 35.5 Å². The third-order valence-corrected chi connectivity index (χ3v) is 3.68. The highest BCUT2D eigenvalue weighted by atomic mass is 16.5. The van der Waals surface area contributed by atoms with Crippen LogP contribution in [-0.2, 0) is 9.53 Å². The fourth-order valence-electron chi connectivity index (χ4n) is 2.51. The van der Waals surface area contributed by atoms with Crippen molar-refractivity contribution in [3.8, 4) is 0 Å². The van der Waals surface area contributed by atoms with Gasteiger partial charge in [-0.2, -0.15) is 0 Å². The summed E-state index contributed by atoms with van der Waals surface area (Å²) in [6.45, 7) is 8.14. The highest BCUT2D eigenvalue weighted by Gasteiger charge is 2.36. The Morgan fingerprint density at radius 2 is 2.06 bits per heavy atom. The lowest BCUT2D eigenvalue weighted by Crippen LogP contribution is -2.15. The molecule has 0 saturated carbocycles. The van der Waals surface area contributed by atoms with Gasteiger partial charge in [0.1, 0.15) is 6.10 Å². The SMILES string of the molecule is C=C1C(=O)O[C@@H]2/C=C(/C)CC/C=C(\C)CC[C@@H]12. The summed E-state index contributed by atoms with van der Waals surface area (Å²) in [7, 11) is 0. The van der Waals surface area contributed by atoms with Crippen molar-refractivity contribution in [1.29, 1.82) is 0 Å². The maximum atomic E-state index is 11.6. The lowest BCUT2D eigenvalue weighted by Gasteiger charge is -2.17. The molecular weight excluding hydrogens is 212 g/mol. The molecule has 0 radical (unpaired) electrons. The van der Waals surface area contributed by atoms with E-state index in [-0.39, 0.29) is 18.0 Å². The predicted octanol–water partition coefficient (Wildman–Crippen LogP) is 3.55.